The average molecular weight is 282 g/mol. The number of nitrogens with zero attached hydrogens (tertiary/aromatic N) is 2. The number of aromatic nitrogens is 2. The largest absolute Gasteiger partial charge is 0.480 e. The molecule has 0 fully saturated rings. The SMILES string of the molecule is Cc1cc(-c2nnc(CSC(C)C(=O)O)o2)c(C)o1. The first-order chi connectivity index (χ1) is 8.97. The summed E-state index contributed by atoms with van der Waals surface area (Å²) in [6.45, 7) is 5.29. The lowest BCUT2D eigenvalue weighted by Gasteiger charge is -2.01. The predicted octanol–water partition coefficient (Wildman–Crippen LogP) is 2.65. The minimum absolute atomic E-state index is 0.371. The zero-order valence-electron chi connectivity index (χ0n) is 10.8. The van der Waals surface area contributed by atoms with Crippen LogP contribution in [0.5, 0.6) is 0 Å². The lowest BCUT2D eigenvalue weighted by Crippen LogP contribution is -2.11. The van der Waals surface area contributed by atoms with Gasteiger partial charge in [-0.3, -0.25) is 4.79 Å². The Bertz CT molecular complexity index is 590. The molecule has 2 rings (SSSR count). The second-order valence-electron chi connectivity index (χ2n) is 4.12. The van der Waals surface area contributed by atoms with Gasteiger partial charge < -0.3 is 13.9 Å². The fraction of sp³-hybridized carbons (Fsp3) is 0.417. The zero-order valence-corrected chi connectivity index (χ0v) is 11.7. The molecule has 0 aliphatic carbocycles. The van der Waals surface area contributed by atoms with E-state index in [0.717, 1.165) is 17.1 Å². The van der Waals surface area contributed by atoms with Gasteiger partial charge in [-0.05, 0) is 26.8 Å². The molecule has 0 bridgehead atoms. The number of carbonyl (C=O) groups is 1. The van der Waals surface area contributed by atoms with E-state index in [2.05, 4.69) is 10.2 Å². The molecule has 6 nitrogen and oxygen atoms in total. The van der Waals surface area contributed by atoms with Crippen molar-refractivity contribution >= 4 is 17.7 Å². The van der Waals surface area contributed by atoms with Gasteiger partial charge in [0.1, 0.15) is 11.5 Å². The maximum absolute atomic E-state index is 10.7. The van der Waals surface area contributed by atoms with E-state index >= 15 is 0 Å². The third-order valence-corrected chi connectivity index (χ3v) is 3.66. The standard InChI is InChI=1S/C12H14N2O4S/c1-6-4-9(7(2)17-6)11-14-13-10(18-11)5-19-8(3)12(15)16/h4,8H,5H2,1-3H3,(H,15,16). The van der Waals surface area contributed by atoms with Crippen molar-refractivity contribution in [2.45, 2.75) is 31.8 Å². The van der Waals surface area contributed by atoms with Crippen molar-refractivity contribution in [3.63, 3.8) is 0 Å². The van der Waals surface area contributed by atoms with E-state index in [0.29, 0.717) is 17.5 Å². The quantitative estimate of drug-likeness (QED) is 0.901. The van der Waals surface area contributed by atoms with Gasteiger partial charge in [0, 0.05) is 0 Å². The van der Waals surface area contributed by atoms with Gasteiger partial charge in [0.2, 0.25) is 5.89 Å². The summed E-state index contributed by atoms with van der Waals surface area (Å²) in [6.07, 6.45) is 0. The molecule has 0 radical (unpaired) electrons. The van der Waals surface area contributed by atoms with Gasteiger partial charge in [0.25, 0.3) is 5.89 Å². The number of carboxylic acid groups (broad SMARTS) is 1. The second-order valence-corrected chi connectivity index (χ2v) is 5.45. The molecular formula is C12H14N2O4S. The van der Waals surface area contributed by atoms with E-state index in [1.807, 2.05) is 19.9 Å². The van der Waals surface area contributed by atoms with Gasteiger partial charge in [-0.1, -0.05) is 0 Å². The molecule has 0 saturated heterocycles. The van der Waals surface area contributed by atoms with Gasteiger partial charge in [-0.25, -0.2) is 0 Å². The Balaban J connectivity index is 2.07. The van der Waals surface area contributed by atoms with Crippen LogP contribution in [0.1, 0.15) is 24.3 Å². The molecule has 2 aromatic heterocycles. The third kappa shape index (κ3) is 3.17. The van der Waals surface area contributed by atoms with Crippen molar-refractivity contribution in [3.8, 4) is 11.5 Å². The van der Waals surface area contributed by atoms with Crippen LogP contribution >= 0.6 is 11.8 Å². The maximum atomic E-state index is 10.7. The summed E-state index contributed by atoms with van der Waals surface area (Å²) in [5.41, 5.74) is 0.771. The molecule has 0 amide bonds. The highest BCUT2D eigenvalue weighted by Gasteiger charge is 2.17. The lowest BCUT2D eigenvalue weighted by atomic mass is 10.2. The molecule has 2 heterocycles. The van der Waals surface area contributed by atoms with Gasteiger partial charge in [0.05, 0.1) is 16.6 Å². The number of hydrogen-bond acceptors (Lipinski definition) is 6. The Morgan fingerprint density at radius 3 is 2.74 bits per heavy atom. The smallest absolute Gasteiger partial charge is 0.316 e. The van der Waals surface area contributed by atoms with Crippen molar-refractivity contribution < 1.29 is 18.7 Å². The Hall–Kier alpha value is -1.76. The van der Waals surface area contributed by atoms with Crippen LogP contribution in [0, 0.1) is 13.8 Å². The molecule has 2 aromatic rings. The molecule has 1 N–H and O–H groups in total. The van der Waals surface area contributed by atoms with Crippen molar-refractivity contribution in [1.82, 2.24) is 10.2 Å². The molecule has 0 saturated carbocycles. The Morgan fingerprint density at radius 1 is 1.42 bits per heavy atom. The highest BCUT2D eigenvalue weighted by Crippen LogP contribution is 2.26. The summed E-state index contributed by atoms with van der Waals surface area (Å²) < 4.78 is 10.9. The maximum Gasteiger partial charge on any atom is 0.316 e. The highest BCUT2D eigenvalue weighted by atomic mass is 32.2. The molecular weight excluding hydrogens is 268 g/mol. The van der Waals surface area contributed by atoms with Crippen molar-refractivity contribution in [2.24, 2.45) is 0 Å². The van der Waals surface area contributed by atoms with Gasteiger partial charge in [0.15, 0.2) is 0 Å². The minimum Gasteiger partial charge on any atom is -0.480 e. The predicted molar refractivity (Wildman–Crippen MR) is 69.9 cm³/mol. The van der Waals surface area contributed by atoms with Crippen molar-refractivity contribution in [2.75, 3.05) is 0 Å². The summed E-state index contributed by atoms with van der Waals surface area (Å²) in [5.74, 6) is 1.82. The number of rotatable bonds is 5. The Morgan fingerprint density at radius 2 is 2.16 bits per heavy atom. The Labute approximate surface area is 114 Å². The molecule has 0 spiro atoms. The third-order valence-electron chi connectivity index (χ3n) is 2.54. The fourth-order valence-electron chi connectivity index (χ4n) is 1.53. The summed E-state index contributed by atoms with van der Waals surface area (Å²) in [5, 5.41) is 16.1. The van der Waals surface area contributed by atoms with Crippen LogP contribution in [0.2, 0.25) is 0 Å². The van der Waals surface area contributed by atoms with Crippen LogP contribution in [0.25, 0.3) is 11.5 Å². The van der Waals surface area contributed by atoms with E-state index in [4.69, 9.17) is 13.9 Å². The van der Waals surface area contributed by atoms with Crippen LogP contribution < -0.4 is 0 Å². The topological polar surface area (TPSA) is 89.4 Å². The number of furan rings is 1. The number of aryl methyl sites for hydroxylation is 2. The van der Waals surface area contributed by atoms with E-state index < -0.39 is 11.2 Å². The highest BCUT2D eigenvalue weighted by molar-refractivity contribution is 7.99. The molecule has 102 valence electrons. The average Bonchev–Trinajstić information content (AvgIpc) is 2.92. The Kier molecular flexibility index (Phi) is 3.94. The summed E-state index contributed by atoms with van der Waals surface area (Å²) in [7, 11) is 0. The minimum atomic E-state index is -0.856. The van der Waals surface area contributed by atoms with Crippen LogP contribution in [0.4, 0.5) is 0 Å². The van der Waals surface area contributed by atoms with Crippen LogP contribution in [0.3, 0.4) is 0 Å². The first kappa shape index (κ1) is 13.7. The summed E-state index contributed by atoms with van der Waals surface area (Å²) >= 11 is 1.24. The zero-order chi connectivity index (χ0) is 14.0. The molecule has 0 aliphatic rings. The number of carboxylic acids is 1. The van der Waals surface area contributed by atoms with Gasteiger partial charge >= 0.3 is 5.97 Å². The van der Waals surface area contributed by atoms with Crippen LogP contribution in [0.15, 0.2) is 14.9 Å². The van der Waals surface area contributed by atoms with Crippen molar-refractivity contribution in [1.29, 1.82) is 0 Å². The first-order valence-corrected chi connectivity index (χ1v) is 6.76. The summed E-state index contributed by atoms with van der Waals surface area (Å²) in [6, 6.07) is 1.83. The fourth-order valence-corrected chi connectivity index (χ4v) is 2.18. The monoisotopic (exact) mass is 282 g/mol. The van der Waals surface area contributed by atoms with Gasteiger partial charge in [-0.2, -0.15) is 0 Å². The van der Waals surface area contributed by atoms with Crippen LogP contribution in [-0.2, 0) is 10.5 Å². The normalized spacial score (nSPS) is 12.6. The molecule has 1 unspecified atom stereocenters. The molecule has 7 heteroatoms. The number of hydrogen-bond donors (Lipinski definition) is 1. The first-order valence-electron chi connectivity index (χ1n) is 5.71. The lowest BCUT2D eigenvalue weighted by molar-refractivity contribution is -0.136. The van der Waals surface area contributed by atoms with E-state index in [1.54, 1.807) is 6.92 Å². The number of thioether (sulfide) groups is 1. The van der Waals surface area contributed by atoms with E-state index in [9.17, 15) is 4.79 Å². The van der Waals surface area contributed by atoms with Crippen LogP contribution in [-0.4, -0.2) is 26.5 Å². The van der Waals surface area contributed by atoms with Gasteiger partial charge in [-0.15, -0.1) is 22.0 Å². The molecule has 0 aromatic carbocycles. The number of aliphatic carboxylic acids is 1. The molecule has 0 aliphatic heterocycles. The molecule has 19 heavy (non-hydrogen) atoms. The van der Waals surface area contributed by atoms with E-state index in [-0.39, 0.29) is 0 Å². The summed E-state index contributed by atoms with van der Waals surface area (Å²) in [4.78, 5) is 10.7. The van der Waals surface area contributed by atoms with E-state index in [1.165, 1.54) is 11.8 Å². The van der Waals surface area contributed by atoms with Crippen molar-refractivity contribution in [3.05, 3.63) is 23.5 Å². The second kappa shape index (κ2) is 5.48. The molecule has 1 atom stereocenters.